The summed E-state index contributed by atoms with van der Waals surface area (Å²) in [7, 11) is 1.76. The molecule has 1 heterocycles. The third-order valence-electron chi connectivity index (χ3n) is 4.61. The molecular weight excluding hydrogens is 470 g/mol. The fraction of sp³-hybridized carbons (Fsp3) is 0.250. The van der Waals surface area contributed by atoms with Gasteiger partial charge in [0.2, 0.25) is 0 Å². The number of carbonyl (C=O) groups excluding carboxylic acids is 1. The van der Waals surface area contributed by atoms with Crippen molar-refractivity contribution in [2.75, 3.05) is 6.54 Å². The number of halogens is 4. The summed E-state index contributed by atoms with van der Waals surface area (Å²) in [4.78, 5) is 13.2. The average molecular weight is 490 g/mol. The van der Waals surface area contributed by atoms with Crippen LogP contribution in [0.5, 0.6) is 0 Å². The minimum absolute atomic E-state index is 0. The van der Waals surface area contributed by atoms with E-state index in [9.17, 15) is 9.18 Å². The van der Waals surface area contributed by atoms with Gasteiger partial charge in [0.05, 0.1) is 22.5 Å². The summed E-state index contributed by atoms with van der Waals surface area (Å²) >= 11 is 18.1. The van der Waals surface area contributed by atoms with E-state index in [0.29, 0.717) is 44.6 Å². The zero-order valence-corrected chi connectivity index (χ0v) is 19.1. The van der Waals surface area contributed by atoms with Crippen molar-refractivity contribution in [3.8, 4) is 0 Å². The van der Waals surface area contributed by atoms with Crippen LogP contribution < -0.4 is 11.1 Å². The Labute approximate surface area is 195 Å². The van der Waals surface area contributed by atoms with Crippen molar-refractivity contribution < 1.29 is 9.18 Å². The molecule has 1 aromatic carbocycles. The van der Waals surface area contributed by atoms with Crippen LogP contribution in [0.2, 0.25) is 5.02 Å². The van der Waals surface area contributed by atoms with Crippen molar-refractivity contribution >= 4 is 64.2 Å². The molecule has 0 saturated carbocycles. The molecule has 10 heteroatoms. The quantitative estimate of drug-likeness (QED) is 0.602. The highest BCUT2D eigenvalue weighted by Crippen LogP contribution is 2.35. The van der Waals surface area contributed by atoms with E-state index in [1.165, 1.54) is 24.4 Å². The highest BCUT2D eigenvalue weighted by Gasteiger charge is 2.26. The number of hydrogen-bond donors (Lipinski definition) is 2. The van der Waals surface area contributed by atoms with E-state index in [1.807, 2.05) is 0 Å². The zero-order chi connectivity index (χ0) is 21.1. The minimum atomic E-state index is -0.372. The molecule has 1 amide bonds. The van der Waals surface area contributed by atoms with Gasteiger partial charge >= 0.3 is 0 Å². The fourth-order valence-electron chi connectivity index (χ4n) is 3.18. The second-order valence-electron chi connectivity index (χ2n) is 6.69. The van der Waals surface area contributed by atoms with E-state index in [-0.39, 0.29) is 36.7 Å². The van der Waals surface area contributed by atoms with Gasteiger partial charge in [0.15, 0.2) is 0 Å². The molecule has 0 bridgehead atoms. The first-order valence-electron chi connectivity index (χ1n) is 8.87. The Kier molecular flexibility index (Phi) is 8.58. The van der Waals surface area contributed by atoms with Gasteiger partial charge in [-0.25, -0.2) is 4.39 Å². The van der Waals surface area contributed by atoms with Crippen LogP contribution in [0.15, 0.2) is 47.1 Å². The van der Waals surface area contributed by atoms with Gasteiger partial charge < -0.3 is 11.1 Å². The third kappa shape index (κ3) is 5.47. The highest BCUT2D eigenvalue weighted by atomic mass is 35.5. The Bertz CT molecular complexity index is 1020. The van der Waals surface area contributed by atoms with Crippen LogP contribution >= 0.6 is 47.8 Å². The van der Waals surface area contributed by atoms with Gasteiger partial charge in [0.1, 0.15) is 5.82 Å². The van der Waals surface area contributed by atoms with Gasteiger partial charge in [-0.1, -0.05) is 47.6 Å². The maximum atomic E-state index is 13.4. The first kappa shape index (κ1) is 24.5. The van der Waals surface area contributed by atoms with Crippen LogP contribution in [-0.2, 0) is 18.3 Å². The maximum absolute atomic E-state index is 13.4. The number of hydrogen-bond acceptors (Lipinski definition) is 4. The summed E-state index contributed by atoms with van der Waals surface area (Å²) in [5, 5.41) is 7.81. The minimum Gasteiger partial charge on any atom is -0.348 e. The number of aryl methyl sites for hydroxylation is 1. The summed E-state index contributed by atoms with van der Waals surface area (Å²) < 4.78 is 15.0. The third-order valence-corrected chi connectivity index (χ3v) is 5.59. The number of allylic oxidation sites excluding steroid dienone is 3. The number of benzene rings is 1. The maximum Gasteiger partial charge on any atom is 0.252 e. The molecule has 0 unspecified atom stereocenters. The van der Waals surface area contributed by atoms with E-state index < -0.39 is 0 Å². The monoisotopic (exact) mass is 488 g/mol. The molecule has 160 valence electrons. The Balaban J connectivity index is 0.00000320. The molecule has 0 saturated heterocycles. The van der Waals surface area contributed by atoms with Crippen molar-refractivity contribution in [2.45, 2.75) is 18.9 Å². The molecule has 1 aliphatic rings. The van der Waals surface area contributed by atoms with Gasteiger partial charge in [-0.3, -0.25) is 9.48 Å². The first-order chi connectivity index (χ1) is 13.8. The molecule has 3 rings (SSSR count). The predicted molar refractivity (Wildman–Crippen MR) is 125 cm³/mol. The lowest BCUT2D eigenvalue weighted by Gasteiger charge is -2.22. The number of carbonyl (C=O) groups is 1. The summed E-state index contributed by atoms with van der Waals surface area (Å²) in [6.45, 7) is 0.196. The summed E-state index contributed by atoms with van der Waals surface area (Å²) in [6, 6.07) is 5.82. The second-order valence-corrected chi connectivity index (χ2v) is 8.00. The van der Waals surface area contributed by atoms with Gasteiger partial charge in [0.25, 0.3) is 5.91 Å². The number of amides is 1. The van der Waals surface area contributed by atoms with Gasteiger partial charge in [-0.2, -0.15) is 5.10 Å². The standard InChI is InChI=1S/C20H19Cl2FN4OS.ClH/c1-27-19(17(22)10-25-27)14-8-18(29)15(7-16(14)21)20(28)26-13(9-24)6-11-3-2-4-12(23)5-11;/h2-5,7,10,13H,6,8-9,24H2,1H3,(H,26,28);1H/t13-;/m0./s1. The average Bonchev–Trinajstić information content (AvgIpc) is 3.01. The number of nitrogens with zero attached hydrogens (tertiary/aromatic N) is 2. The SMILES string of the molecule is Cl.Cn1ncc(Cl)c1C1=C(Cl)C=C(C(=O)N[C@H](CN)Cc2cccc(F)c2)C(=S)C1. The van der Waals surface area contributed by atoms with E-state index in [4.69, 9.17) is 41.2 Å². The Morgan fingerprint density at radius 1 is 1.43 bits per heavy atom. The molecule has 2 aromatic rings. The van der Waals surface area contributed by atoms with Crippen molar-refractivity contribution in [3.05, 3.63) is 69.2 Å². The molecule has 0 aliphatic heterocycles. The van der Waals surface area contributed by atoms with E-state index in [1.54, 1.807) is 23.9 Å². The van der Waals surface area contributed by atoms with Crippen molar-refractivity contribution in [1.29, 1.82) is 0 Å². The lowest BCUT2D eigenvalue weighted by atomic mass is 9.94. The number of thiocarbonyl (C=S) groups is 1. The number of nitrogens with two attached hydrogens (primary N) is 1. The molecule has 3 N–H and O–H groups in total. The summed E-state index contributed by atoms with van der Waals surface area (Å²) in [5.74, 6) is -0.700. The Morgan fingerprint density at radius 2 is 2.17 bits per heavy atom. The van der Waals surface area contributed by atoms with Crippen LogP contribution in [0, 0.1) is 5.82 Å². The highest BCUT2D eigenvalue weighted by molar-refractivity contribution is 7.81. The number of nitrogens with one attached hydrogen (secondary N) is 1. The van der Waals surface area contributed by atoms with E-state index in [2.05, 4.69) is 10.4 Å². The topological polar surface area (TPSA) is 72.9 Å². The Hall–Kier alpha value is -1.77. The van der Waals surface area contributed by atoms with E-state index >= 15 is 0 Å². The molecule has 1 aliphatic carbocycles. The number of rotatable bonds is 6. The number of aromatic nitrogens is 2. The summed E-state index contributed by atoms with van der Waals surface area (Å²) in [5.41, 5.74) is 8.23. The molecule has 1 aromatic heterocycles. The Morgan fingerprint density at radius 3 is 2.77 bits per heavy atom. The van der Waals surface area contributed by atoms with E-state index in [0.717, 1.165) is 5.56 Å². The van der Waals surface area contributed by atoms with Crippen molar-refractivity contribution in [3.63, 3.8) is 0 Å². The second kappa shape index (κ2) is 10.5. The first-order valence-corrected chi connectivity index (χ1v) is 10.0. The van der Waals surface area contributed by atoms with Crippen molar-refractivity contribution in [1.82, 2.24) is 15.1 Å². The van der Waals surface area contributed by atoms with Crippen molar-refractivity contribution in [2.24, 2.45) is 12.8 Å². The zero-order valence-electron chi connectivity index (χ0n) is 16.0. The lowest BCUT2D eigenvalue weighted by Crippen LogP contribution is -2.43. The largest absolute Gasteiger partial charge is 0.348 e. The van der Waals surface area contributed by atoms with Gasteiger partial charge in [-0.15, -0.1) is 12.4 Å². The summed E-state index contributed by atoms with van der Waals surface area (Å²) in [6.07, 6.45) is 3.77. The fourth-order valence-corrected chi connectivity index (χ4v) is 4.02. The lowest BCUT2D eigenvalue weighted by molar-refractivity contribution is -0.117. The normalized spacial score (nSPS) is 14.8. The predicted octanol–water partition coefficient (Wildman–Crippen LogP) is 3.97. The molecule has 0 radical (unpaired) electrons. The molecule has 5 nitrogen and oxygen atoms in total. The molecule has 30 heavy (non-hydrogen) atoms. The molecule has 0 spiro atoms. The van der Waals surface area contributed by atoms with Crippen LogP contribution in [-0.4, -0.2) is 33.1 Å². The molecular formula is C20H20Cl3FN4OS. The molecule has 1 atom stereocenters. The van der Waals surface area contributed by atoms with Crippen LogP contribution in [0.3, 0.4) is 0 Å². The smallest absolute Gasteiger partial charge is 0.252 e. The van der Waals surface area contributed by atoms with Gasteiger partial charge in [0, 0.05) is 41.5 Å². The van der Waals surface area contributed by atoms with Crippen LogP contribution in [0.1, 0.15) is 17.7 Å². The van der Waals surface area contributed by atoms with Crippen LogP contribution in [0.4, 0.5) is 4.39 Å². The molecule has 0 fully saturated rings. The van der Waals surface area contributed by atoms with Gasteiger partial charge in [-0.05, 0) is 30.2 Å². The van der Waals surface area contributed by atoms with Crippen LogP contribution in [0.25, 0.3) is 5.57 Å².